The molecule has 1 aliphatic heterocycles. The molecule has 21 heavy (non-hydrogen) atoms. The van der Waals surface area contributed by atoms with E-state index in [1.807, 2.05) is 24.3 Å². The van der Waals surface area contributed by atoms with Gasteiger partial charge in [0.2, 0.25) is 0 Å². The zero-order valence-electron chi connectivity index (χ0n) is 12.0. The normalized spacial score (nSPS) is 30.3. The van der Waals surface area contributed by atoms with Gasteiger partial charge in [0, 0.05) is 16.7 Å². The minimum atomic E-state index is -2.12. The molecule has 0 saturated heterocycles. The number of nitrogens with zero attached hydrogens (tertiary/aromatic N) is 1. The molecular weight excluding hydrogens is 288 g/mol. The zero-order valence-corrected chi connectivity index (χ0v) is 12.9. The lowest BCUT2D eigenvalue weighted by molar-refractivity contribution is 0.0833. The fourth-order valence-corrected chi connectivity index (χ4v) is 4.41. The van der Waals surface area contributed by atoms with Gasteiger partial charge in [0.1, 0.15) is 6.10 Å². The topological polar surface area (TPSA) is 70.9 Å². The second-order valence-corrected chi connectivity index (χ2v) is 7.97. The maximum Gasteiger partial charge on any atom is 0.435 e. The van der Waals surface area contributed by atoms with Crippen LogP contribution in [0.4, 0.5) is 4.79 Å². The van der Waals surface area contributed by atoms with E-state index in [9.17, 15) is 9.35 Å². The number of amidine groups is 1. The Hall–Kier alpha value is -1.53. The highest BCUT2D eigenvalue weighted by atomic mass is 32.3. The molecule has 1 unspecified atom stereocenters. The molecule has 0 bridgehead atoms. The van der Waals surface area contributed by atoms with Crippen LogP contribution in [-0.2, 0) is 4.74 Å². The van der Waals surface area contributed by atoms with E-state index in [2.05, 4.69) is 9.71 Å². The number of rotatable bonds is 1. The third kappa shape index (κ3) is 3.06. The second-order valence-electron chi connectivity index (χ2n) is 5.58. The van der Waals surface area contributed by atoms with Crippen molar-refractivity contribution in [1.82, 2.24) is 4.72 Å². The number of hydrogen-bond donors (Lipinski definition) is 2. The Morgan fingerprint density at radius 3 is 2.81 bits per heavy atom. The lowest BCUT2D eigenvalue weighted by atomic mass is 9.98. The summed E-state index contributed by atoms with van der Waals surface area (Å²) in [6, 6.07) is 7.44. The van der Waals surface area contributed by atoms with Crippen molar-refractivity contribution in [2.75, 3.05) is 6.26 Å². The highest BCUT2D eigenvalue weighted by Crippen LogP contribution is 2.51. The van der Waals surface area contributed by atoms with Crippen molar-refractivity contribution in [3.05, 3.63) is 29.8 Å². The van der Waals surface area contributed by atoms with E-state index in [-0.39, 0.29) is 6.10 Å². The number of carbonyl (C=O) groups is 1. The fourth-order valence-electron chi connectivity index (χ4n) is 2.83. The van der Waals surface area contributed by atoms with Gasteiger partial charge in [0.25, 0.3) is 0 Å². The molecule has 0 spiro atoms. The molecule has 3 rings (SSSR count). The van der Waals surface area contributed by atoms with Crippen molar-refractivity contribution in [2.45, 2.75) is 43.1 Å². The Kier molecular flexibility index (Phi) is 3.91. The van der Waals surface area contributed by atoms with Crippen molar-refractivity contribution < 1.29 is 14.1 Å². The van der Waals surface area contributed by atoms with Crippen LogP contribution in [0.25, 0.3) is 0 Å². The average molecular weight is 308 g/mol. The third-order valence-electron chi connectivity index (χ3n) is 3.89. The number of amides is 1. The molecule has 2 aliphatic rings. The quantitative estimate of drug-likeness (QED) is 0.830. The van der Waals surface area contributed by atoms with Crippen LogP contribution in [0, 0.1) is 0 Å². The number of ether oxygens (including phenoxy) is 1. The maximum atomic E-state index is 12.0. The molecule has 114 valence electrons. The molecule has 5 nitrogen and oxygen atoms in total. The van der Waals surface area contributed by atoms with Crippen molar-refractivity contribution in [3.8, 4) is 0 Å². The van der Waals surface area contributed by atoms with Gasteiger partial charge in [-0.15, -0.1) is 0 Å². The number of benzene rings is 1. The molecule has 6 heteroatoms. The summed E-state index contributed by atoms with van der Waals surface area (Å²) in [5, 5.41) is 0. The van der Waals surface area contributed by atoms with Crippen LogP contribution in [0.3, 0.4) is 0 Å². The Morgan fingerprint density at radius 1 is 1.33 bits per heavy atom. The van der Waals surface area contributed by atoms with Crippen LogP contribution in [0.1, 0.15) is 37.7 Å². The van der Waals surface area contributed by atoms with E-state index in [4.69, 9.17) is 4.74 Å². The van der Waals surface area contributed by atoms with Gasteiger partial charge in [0.15, 0.2) is 5.84 Å². The summed E-state index contributed by atoms with van der Waals surface area (Å²) in [6.45, 7) is 0. The van der Waals surface area contributed by atoms with Crippen molar-refractivity contribution in [1.29, 1.82) is 0 Å². The molecular formula is C15H20N2O3S. The average Bonchev–Trinajstić information content (AvgIpc) is 2.72. The lowest BCUT2D eigenvalue weighted by Gasteiger charge is -2.24. The molecule has 1 amide bonds. The van der Waals surface area contributed by atoms with Crippen LogP contribution in [-0.4, -0.2) is 28.8 Å². The number of nitrogens with one attached hydrogen (secondary N) is 1. The molecule has 2 N–H and O–H groups in total. The van der Waals surface area contributed by atoms with E-state index in [0.29, 0.717) is 5.84 Å². The van der Waals surface area contributed by atoms with E-state index >= 15 is 0 Å². The van der Waals surface area contributed by atoms with Crippen LogP contribution in [0.15, 0.2) is 34.2 Å². The Morgan fingerprint density at radius 2 is 2.05 bits per heavy atom. The number of fused-ring (bicyclic) bond motifs is 1. The molecule has 1 aromatic rings. The summed E-state index contributed by atoms with van der Waals surface area (Å²) < 4.78 is 18.7. The first-order chi connectivity index (χ1) is 10.1. The van der Waals surface area contributed by atoms with Crippen molar-refractivity contribution >= 4 is 22.4 Å². The highest BCUT2D eigenvalue weighted by Gasteiger charge is 2.32. The van der Waals surface area contributed by atoms with Gasteiger partial charge in [0.05, 0.1) is 0 Å². The number of hydrogen-bond acceptors (Lipinski definition) is 3. The molecule has 1 aliphatic carbocycles. The van der Waals surface area contributed by atoms with Crippen molar-refractivity contribution in [3.63, 3.8) is 0 Å². The van der Waals surface area contributed by atoms with Gasteiger partial charge < -0.3 is 14.0 Å². The largest absolute Gasteiger partial charge is 0.445 e. The smallest absolute Gasteiger partial charge is 0.435 e. The molecule has 1 aromatic carbocycles. The van der Waals surface area contributed by atoms with E-state index in [1.165, 1.54) is 6.42 Å². The van der Waals surface area contributed by atoms with Gasteiger partial charge in [-0.05, 0) is 42.2 Å². The van der Waals surface area contributed by atoms with Crippen LogP contribution in [0.2, 0.25) is 0 Å². The minimum absolute atomic E-state index is 0.0138. The summed E-state index contributed by atoms with van der Waals surface area (Å²) in [5.41, 5.74) is 0.776. The minimum Gasteiger partial charge on any atom is -0.445 e. The number of aliphatic imine (C=N–C) groups is 1. The highest BCUT2D eigenvalue weighted by molar-refractivity contribution is 8.27. The van der Waals surface area contributed by atoms with E-state index in [1.54, 1.807) is 6.26 Å². The molecule has 1 saturated carbocycles. The third-order valence-corrected chi connectivity index (χ3v) is 5.69. The zero-order chi connectivity index (χ0) is 14.9. The molecule has 1 atom stereocenters. The fraction of sp³-hybridized carbons (Fsp3) is 0.467. The maximum absolute atomic E-state index is 12.0. The van der Waals surface area contributed by atoms with Gasteiger partial charge in [-0.25, -0.2) is 4.79 Å². The van der Waals surface area contributed by atoms with Crippen LogP contribution >= 0.6 is 10.5 Å². The molecule has 1 fully saturated rings. The predicted molar refractivity (Wildman–Crippen MR) is 83.9 cm³/mol. The SMILES string of the molecule is CS1(O)NC(=NC(=O)OC2CCCCC2)c2ccccc21. The number of carbonyl (C=O) groups excluding carboxylic acids is 1. The first-order valence-corrected chi connectivity index (χ1v) is 9.23. The van der Waals surface area contributed by atoms with Gasteiger partial charge >= 0.3 is 6.09 Å². The second kappa shape index (κ2) is 5.69. The summed E-state index contributed by atoms with van der Waals surface area (Å²) >= 11 is 0. The Labute approximate surface area is 126 Å². The van der Waals surface area contributed by atoms with Crippen LogP contribution in [0.5, 0.6) is 0 Å². The van der Waals surface area contributed by atoms with Gasteiger partial charge in [-0.2, -0.15) is 4.99 Å². The van der Waals surface area contributed by atoms with Gasteiger partial charge in [-0.3, -0.25) is 0 Å². The summed E-state index contributed by atoms with van der Waals surface area (Å²) in [6.07, 6.45) is 6.40. The van der Waals surface area contributed by atoms with E-state index < -0.39 is 16.6 Å². The lowest BCUT2D eigenvalue weighted by Crippen LogP contribution is -2.23. The van der Waals surface area contributed by atoms with Gasteiger partial charge in [-0.1, -0.05) is 24.6 Å². The molecule has 0 aromatic heterocycles. The summed E-state index contributed by atoms with van der Waals surface area (Å²) in [5.74, 6) is 0.409. The summed E-state index contributed by atoms with van der Waals surface area (Å²) in [4.78, 5) is 16.8. The van der Waals surface area contributed by atoms with E-state index in [0.717, 1.165) is 36.1 Å². The van der Waals surface area contributed by atoms with Crippen LogP contribution < -0.4 is 4.72 Å². The van der Waals surface area contributed by atoms with Crippen molar-refractivity contribution in [2.24, 2.45) is 4.99 Å². The monoisotopic (exact) mass is 308 g/mol. The summed E-state index contributed by atoms with van der Waals surface area (Å²) in [7, 11) is -2.12. The first-order valence-electron chi connectivity index (χ1n) is 7.23. The molecule has 1 heterocycles. The predicted octanol–water partition coefficient (Wildman–Crippen LogP) is 3.69. The standard InChI is InChI=1S/C15H20N2O3S/c1-21(19)13-10-6-5-9-12(13)14(17-21)16-15(18)20-11-7-3-2-4-8-11/h5-6,9-11,19H,2-4,7-8H2,1H3,(H,16,17,18). The first kappa shape index (κ1) is 14.4. The Bertz CT molecular complexity index is 580. The Balaban J connectivity index is 1.76. The molecule has 0 radical (unpaired) electrons.